The summed E-state index contributed by atoms with van der Waals surface area (Å²) in [6.45, 7) is 2.11. The number of aliphatic hydroxyl groups excluding tert-OH is 1. The molecule has 1 unspecified atom stereocenters. The van der Waals surface area contributed by atoms with Gasteiger partial charge in [-0.25, -0.2) is 4.79 Å². The first-order valence-electron chi connectivity index (χ1n) is 5.80. The first kappa shape index (κ1) is 13.2. The molecule has 0 aliphatic rings. The predicted molar refractivity (Wildman–Crippen MR) is 66.2 cm³/mol. The number of carboxylic acids is 1. The van der Waals surface area contributed by atoms with Crippen molar-refractivity contribution in [2.24, 2.45) is 0 Å². The van der Waals surface area contributed by atoms with Crippen molar-refractivity contribution in [2.75, 3.05) is 0 Å². The van der Waals surface area contributed by atoms with Crippen molar-refractivity contribution in [3.05, 3.63) is 30.4 Å². The SMILES string of the molecule is Cc1nnc(-c2cccnc2)n1CCC(O)C(=O)O. The number of aryl methyl sites for hydroxylation is 1. The van der Waals surface area contributed by atoms with Crippen molar-refractivity contribution >= 4 is 5.97 Å². The van der Waals surface area contributed by atoms with E-state index in [4.69, 9.17) is 5.11 Å². The largest absolute Gasteiger partial charge is 0.479 e. The molecular weight excluding hydrogens is 248 g/mol. The molecule has 2 N–H and O–H groups in total. The van der Waals surface area contributed by atoms with Gasteiger partial charge in [0.05, 0.1) is 0 Å². The Bertz CT molecular complexity index is 568. The van der Waals surface area contributed by atoms with Gasteiger partial charge in [0.2, 0.25) is 0 Å². The van der Waals surface area contributed by atoms with Crippen molar-refractivity contribution in [3.63, 3.8) is 0 Å². The summed E-state index contributed by atoms with van der Waals surface area (Å²) in [7, 11) is 0. The fourth-order valence-corrected chi connectivity index (χ4v) is 1.73. The number of pyridine rings is 1. The highest BCUT2D eigenvalue weighted by Gasteiger charge is 2.16. The molecule has 0 fully saturated rings. The minimum atomic E-state index is -1.39. The van der Waals surface area contributed by atoms with Crippen LogP contribution in [0.1, 0.15) is 12.2 Å². The van der Waals surface area contributed by atoms with Crippen molar-refractivity contribution in [1.82, 2.24) is 19.7 Å². The average Bonchev–Trinajstić information content (AvgIpc) is 2.78. The lowest BCUT2D eigenvalue weighted by atomic mass is 10.2. The number of rotatable bonds is 5. The summed E-state index contributed by atoms with van der Waals surface area (Å²) in [5.74, 6) is 0.0493. The minimum absolute atomic E-state index is 0.0987. The van der Waals surface area contributed by atoms with Crippen LogP contribution in [0.15, 0.2) is 24.5 Å². The summed E-state index contributed by atoms with van der Waals surface area (Å²) >= 11 is 0. The smallest absolute Gasteiger partial charge is 0.332 e. The van der Waals surface area contributed by atoms with E-state index < -0.39 is 12.1 Å². The quantitative estimate of drug-likeness (QED) is 0.813. The fourth-order valence-electron chi connectivity index (χ4n) is 1.73. The van der Waals surface area contributed by atoms with Gasteiger partial charge in [-0.15, -0.1) is 10.2 Å². The van der Waals surface area contributed by atoms with E-state index in [9.17, 15) is 9.90 Å². The minimum Gasteiger partial charge on any atom is -0.479 e. The van der Waals surface area contributed by atoms with Gasteiger partial charge in [0, 0.05) is 30.9 Å². The molecule has 0 aliphatic carbocycles. The van der Waals surface area contributed by atoms with Gasteiger partial charge in [0.25, 0.3) is 0 Å². The first-order valence-corrected chi connectivity index (χ1v) is 5.80. The third kappa shape index (κ3) is 2.94. The van der Waals surface area contributed by atoms with E-state index in [2.05, 4.69) is 15.2 Å². The summed E-state index contributed by atoms with van der Waals surface area (Å²) < 4.78 is 1.77. The molecule has 2 rings (SSSR count). The number of carbonyl (C=O) groups is 1. The Hall–Kier alpha value is -2.28. The zero-order chi connectivity index (χ0) is 13.8. The molecular formula is C12H14N4O3. The van der Waals surface area contributed by atoms with Crippen LogP contribution in [0.25, 0.3) is 11.4 Å². The van der Waals surface area contributed by atoms with Gasteiger partial charge in [0.1, 0.15) is 5.82 Å². The lowest BCUT2D eigenvalue weighted by Crippen LogP contribution is -2.21. The Morgan fingerprint density at radius 2 is 2.26 bits per heavy atom. The summed E-state index contributed by atoms with van der Waals surface area (Å²) in [6, 6.07) is 3.64. The molecule has 19 heavy (non-hydrogen) atoms. The molecule has 0 spiro atoms. The molecule has 2 aromatic heterocycles. The Labute approximate surface area is 109 Å². The summed E-state index contributed by atoms with van der Waals surface area (Å²) in [5, 5.41) is 26.0. The predicted octanol–water partition coefficient (Wildman–Crippen LogP) is 0.484. The van der Waals surface area contributed by atoms with Crippen molar-refractivity contribution < 1.29 is 15.0 Å². The van der Waals surface area contributed by atoms with Crippen LogP contribution in [0.3, 0.4) is 0 Å². The highest BCUT2D eigenvalue weighted by atomic mass is 16.4. The van der Waals surface area contributed by atoms with Gasteiger partial charge >= 0.3 is 5.97 Å². The lowest BCUT2D eigenvalue weighted by Gasteiger charge is -2.10. The van der Waals surface area contributed by atoms with Crippen LogP contribution in [-0.2, 0) is 11.3 Å². The van der Waals surface area contributed by atoms with Gasteiger partial charge in [0.15, 0.2) is 11.9 Å². The van der Waals surface area contributed by atoms with Crippen molar-refractivity contribution in [3.8, 4) is 11.4 Å². The van der Waals surface area contributed by atoms with Gasteiger partial charge < -0.3 is 14.8 Å². The van der Waals surface area contributed by atoms with Crippen LogP contribution >= 0.6 is 0 Å². The highest BCUT2D eigenvalue weighted by Crippen LogP contribution is 2.17. The van der Waals surface area contributed by atoms with Crippen LogP contribution in [0, 0.1) is 6.92 Å². The molecule has 0 saturated heterocycles. The third-order valence-electron chi connectivity index (χ3n) is 2.77. The van der Waals surface area contributed by atoms with E-state index in [1.54, 1.807) is 30.0 Å². The number of hydrogen-bond donors (Lipinski definition) is 2. The summed E-state index contributed by atoms with van der Waals surface area (Å²) in [5.41, 5.74) is 0.799. The number of aromatic nitrogens is 4. The number of aliphatic carboxylic acids is 1. The molecule has 100 valence electrons. The molecule has 0 aromatic carbocycles. The Kier molecular flexibility index (Phi) is 3.86. The lowest BCUT2D eigenvalue weighted by molar-refractivity contribution is -0.147. The second kappa shape index (κ2) is 5.57. The molecule has 0 bridgehead atoms. The van der Waals surface area contributed by atoms with Gasteiger partial charge in [-0.2, -0.15) is 0 Å². The van der Waals surface area contributed by atoms with Gasteiger partial charge in [-0.1, -0.05) is 0 Å². The van der Waals surface area contributed by atoms with Gasteiger partial charge in [-0.05, 0) is 19.1 Å². The average molecular weight is 262 g/mol. The molecule has 0 saturated carbocycles. The molecule has 2 aromatic rings. The maximum absolute atomic E-state index is 10.6. The zero-order valence-corrected chi connectivity index (χ0v) is 10.4. The van der Waals surface area contributed by atoms with Crippen molar-refractivity contribution in [1.29, 1.82) is 0 Å². The second-order valence-corrected chi connectivity index (χ2v) is 4.11. The topological polar surface area (TPSA) is 101 Å². The van der Waals surface area contributed by atoms with E-state index in [1.807, 2.05) is 6.07 Å². The van der Waals surface area contributed by atoms with Crippen LogP contribution in [-0.4, -0.2) is 42.0 Å². The van der Waals surface area contributed by atoms with E-state index in [-0.39, 0.29) is 6.42 Å². The fraction of sp³-hybridized carbons (Fsp3) is 0.333. The standard InChI is InChI=1S/C12H14N4O3/c1-8-14-15-11(9-3-2-5-13-7-9)16(8)6-4-10(17)12(18)19/h2-3,5,7,10,17H,4,6H2,1H3,(H,18,19). The molecule has 1 atom stereocenters. The number of nitrogens with zero attached hydrogens (tertiary/aromatic N) is 4. The maximum atomic E-state index is 10.6. The van der Waals surface area contributed by atoms with E-state index in [1.165, 1.54) is 0 Å². The monoisotopic (exact) mass is 262 g/mol. The van der Waals surface area contributed by atoms with Crippen LogP contribution in [0.2, 0.25) is 0 Å². The molecule has 2 heterocycles. The summed E-state index contributed by atoms with van der Waals surface area (Å²) in [4.78, 5) is 14.6. The van der Waals surface area contributed by atoms with Crippen molar-refractivity contribution in [2.45, 2.75) is 26.0 Å². The zero-order valence-electron chi connectivity index (χ0n) is 10.4. The molecule has 0 aliphatic heterocycles. The number of aliphatic hydroxyl groups is 1. The van der Waals surface area contributed by atoms with Crippen LogP contribution in [0.5, 0.6) is 0 Å². The maximum Gasteiger partial charge on any atom is 0.332 e. The third-order valence-corrected chi connectivity index (χ3v) is 2.77. The van der Waals surface area contributed by atoms with E-state index in [0.717, 1.165) is 5.56 Å². The Morgan fingerprint density at radius 3 is 2.89 bits per heavy atom. The Balaban J connectivity index is 2.21. The first-order chi connectivity index (χ1) is 9.09. The molecule has 7 heteroatoms. The highest BCUT2D eigenvalue weighted by molar-refractivity contribution is 5.71. The van der Waals surface area contributed by atoms with E-state index >= 15 is 0 Å². The number of hydrogen-bond acceptors (Lipinski definition) is 5. The summed E-state index contributed by atoms with van der Waals surface area (Å²) in [6.07, 6.45) is 2.03. The normalized spacial score (nSPS) is 12.3. The van der Waals surface area contributed by atoms with Gasteiger partial charge in [-0.3, -0.25) is 4.98 Å². The van der Waals surface area contributed by atoms with Crippen LogP contribution < -0.4 is 0 Å². The number of carboxylic acid groups (broad SMARTS) is 1. The van der Waals surface area contributed by atoms with Crippen LogP contribution in [0.4, 0.5) is 0 Å². The van der Waals surface area contributed by atoms with E-state index in [0.29, 0.717) is 18.2 Å². The molecule has 0 radical (unpaired) electrons. The second-order valence-electron chi connectivity index (χ2n) is 4.11. The molecule has 0 amide bonds. The Morgan fingerprint density at radius 1 is 1.47 bits per heavy atom. The molecule has 7 nitrogen and oxygen atoms in total.